The van der Waals surface area contributed by atoms with E-state index >= 15 is 0 Å². The third-order valence-electron chi connectivity index (χ3n) is 7.83. The Bertz CT molecular complexity index is 1120. The first-order chi connectivity index (χ1) is 20.0. The topological polar surface area (TPSA) is 93.1 Å². The van der Waals surface area contributed by atoms with E-state index in [4.69, 9.17) is 9.47 Å². The van der Waals surface area contributed by atoms with Gasteiger partial charge in [0.05, 0.1) is 26.1 Å². The third kappa shape index (κ3) is 10.9. The highest BCUT2D eigenvalue weighted by Gasteiger charge is 2.28. The van der Waals surface area contributed by atoms with E-state index in [2.05, 4.69) is 83.1 Å². The van der Waals surface area contributed by atoms with Crippen LogP contribution in [0.3, 0.4) is 0 Å². The molecule has 0 bridgehead atoms. The van der Waals surface area contributed by atoms with E-state index in [0.29, 0.717) is 24.7 Å². The molecule has 2 aromatic carbocycles. The number of hydrogen-bond acceptors (Lipinski definition) is 6. The highest BCUT2D eigenvalue weighted by Crippen LogP contribution is 2.41. The van der Waals surface area contributed by atoms with Gasteiger partial charge < -0.3 is 19.7 Å². The van der Waals surface area contributed by atoms with Crippen LogP contribution < -0.4 is 0 Å². The first-order valence-corrected chi connectivity index (χ1v) is 16.1. The van der Waals surface area contributed by atoms with Crippen molar-refractivity contribution in [1.29, 1.82) is 0 Å². The van der Waals surface area contributed by atoms with Crippen molar-refractivity contribution in [2.45, 2.75) is 143 Å². The molecule has 0 heterocycles. The summed E-state index contributed by atoms with van der Waals surface area (Å²) in [5, 5.41) is 21.8. The van der Waals surface area contributed by atoms with Crippen molar-refractivity contribution in [2.75, 3.05) is 13.2 Å². The van der Waals surface area contributed by atoms with Gasteiger partial charge in [-0.3, -0.25) is 9.59 Å². The van der Waals surface area contributed by atoms with Crippen molar-refractivity contribution in [2.24, 2.45) is 0 Å². The normalized spacial score (nSPS) is 12.7. The van der Waals surface area contributed by atoms with Crippen LogP contribution in [0.2, 0.25) is 0 Å². The largest absolute Gasteiger partial charge is 0.507 e. The quantitative estimate of drug-likeness (QED) is 0.195. The highest BCUT2D eigenvalue weighted by molar-refractivity contribution is 5.74. The first kappa shape index (κ1) is 37.2. The Morgan fingerprint density at radius 2 is 0.750 bits per heavy atom. The van der Waals surface area contributed by atoms with E-state index in [9.17, 15) is 19.8 Å². The number of phenolic OH excluding ortho intramolecular Hbond substituents is 2. The fourth-order valence-electron chi connectivity index (χ4n) is 5.24. The van der Waals surface area contributed by atoms with Crippen LogP contribution in [-0.4, -0.2) is 35.4 Å². The summed E-state index contributed by atoms with van der Waals surface area (Å²) < 4.78 is 11.0. The maximum atomic E-state index is 12.6. The lowest BCUT2D eigenvalue weighted by Gasteiger charge is -2.28. The van der Waals surface area contributed by atoms with Crippen LogP contribution in [0, 0.1) is 0 Å². The highest BCUT2D eigenvalue weighted by atomic mass is 16.5. The number of phenols is 2. The molecule has 0 saturated heterocycles. The number of rotatable bonds is 11. The second kappa shape index (κ2) is 14.4. The molecule has 246 valence electrons. The van der Waals surface area contributed by atoms with E-state index in [1.165, 1.54) is 0 Å². The number of benzene rings is 2. The Kier molecular flexibility index (Phi) is 12.2. The van der Waals surface area contributed by atoms with Gasteiger partial charge in [0, 0.05) is 0 Å². The number of ether oxygens (including phenoxy) is 2. The fraction of sp³-hybridized carbons (Fsp3) is 0.632. The molecule has 6 nitrogen and oxygen atoms in total. The molecule has 0 spiro atoms. The van der Waals surface area contributed by atoms with Gasteiger partial charge in [-0.1, -0.05) is 107 Å². The van der Waals surface area contributed by atoms with Crippen molar-refractivity contribution in [3.05, 3.63) is 57.6 Å². The number of aromatic hydroxyl groups is 2. The average molecular weight is 611 g/mol. The molecular formula is C38H58O6. The molecule has 2 rings (SSSR count). The molecule has 6 heteroatoms. The van der Waals surface area contributed by atoms with Gasteiger partial charge >= 0.3 is 11.9 Å². The molecule has 0 fully saturated rings. The van der Waals surface area contributed by atoms with E-state index < -0.39 is 0 Å². The monoisotopic (exact) mass is 610 g/mol. The average Bonchev–Trinajstić information content (AvgIpc) is 2.84. The molecular weight excluding hydrogens is 552 g/mol. The summed E-state index contributed by atoms with van der Waals surface area (Å²) in [5.74, 6) is 0.0561. The minimum Gasteiger partial charge on any atom is -0.507 e. The summed E-state index contributed by atoms with van der Waals surface area (Å²) in [6.45, 7) is 25.3. The predicted molar refractivity (Wildman–Crippen MR) is 179 cm³/mol. The second-order valence-electron chi connectivity index (χ2n) is 16.3. The number of hydrogen-bond donors (Lipinski definition) is 2. The molecule has 2 N–H and O–H groups in total. The van der Waals surface area contributed by atoms with E-state index in [0.717, 1.165) is 59.1 Å². The van der Waals surface area contributed by atoms with Gasteiger partial charge in [-0.05, 0) is 80.7 Å². The third-order valence-corrected chi connectivity index (χ3v) is 7.83. The molecule has 2 aromatic rings. The molecule has 44 heavy (non-hydrogen) atoms. The van der Waals surface area contributed by atoms with Crippen molar-refractivity contribution in [1.82, 2.24) is 0 Å². The zero-order chi connectivity index (χ0) is 33.7. The Morgan fingerprint density at radius 1 is 0.500 bits per heavy atom. The zero-order valence-corrected chi connectivity index (χ0v) is 29.5. The molecule has 0 saturated carbocycles. The Labute approximate surface area is 266 Å². The summed E-state index contributed by atoms with van der Waals surface area (Å²) in [4.78, 5) is 25.2. The van der Waals surface area contributed by atoms with Gasteiger partial charge in [-0.15, -0.1) is 0 Å². The van der Waals surface area contributed by atoms with Crippen LogP contribution in [0.5, 0.6) is 11.5 Å². The van der Waals surface area contributed by atoms with Gasteiger partial charge in [-0.25, -0.2) is 0 Å². The number of carbonyl (C=O) groups excluding carboxylic acids is 2. The molecule has 0 atom stereocenters. The standard InChI is InChI=1S/C38H58O6/c1-35(2,3)27-19-25(20-28(33(27)41)36(4,5)6)23-31(39)43-17-15-13-14-16-18-44-32(40)24-26-21-29(37(7,8)9)34(42)30(22-26)38(10,11)12/h19-22,41-42H,13-18,23-24H2,1-12H3. The van der Waals surface area contributed by atoms with Crippen LogP contribution in [-0.2, 0) is 53.6 Å². The van der Waals surface area contributed by atoms with Gasteiger partial charge in [0.15, 0.2) is 0 Å². The molecule has 0 aliphatic carbocycles. The Morgan fingerprint density at radius 3 is 0.977 bits per heavy atom. The lowest BCUT2D eigenvalue weighted by atomic mass is 9.78. The van der Waals surface area contributed by atoms with Crippen LogP contribution in [0.1, 0.15) is 142 Å². The SMILES string of the molecule is CC(C)(C)c1cc(CC(=O)OCCCCCCOC(=O)Cc2cc(C(C)(C)C)c(O)c(C(C)(C)C)c2)cc(C(C)(C)C)c1O. The van der Waals surface area contributed by atoms with E-state index in [1.54, 1.807) is 0 Å². The summed E-state index contributed by atoms with van der Waals surface area (Å²) in [6.07, 6.45) is 3.56. The maximum absolute atomic E-state index is 12.6. The first-order valence-electron chi connectivity index (χ1n) is 16.1. The number of esters is 2. The van der Waals surface area contributed by atoms with Gasteiger partial charge in [0.1, 0.15) is 11.5 Å². The van der Waals surface area contributed by atoms with Gasteiger partial charge in [0.25, 0.3) is 0 Å². The van der Waals surface area contributed by atoms with Crippen molar-refractivity contribution >= 4 is 11.9 Å². The number of carbonyl (C=O) groups is 2. The minimum atomic E-state index is -0.275. The van der Waals surface area contributed by atoms with Crippen LogP contribution in [0.25, 0.3) is 0 Å². The summed E-state index contributed by atoms with van der Waals surface area (Å²) in [7, 11) is 0. The van der Waals surface area contributed by atoms with Crippen LogP contribution in [0.4, 0.5) is 0 Å². The van der Waals surface area contributed by atoms with Gasteiger partial charge in [0.2, 0.25) is 0 Å². The van der Waals surface area contributed by atoms with Crippen LogP contribution in [0.15, 0.2) is 24.3 Å². The predicted octanol–water partition coefficient (Wildman–Crippen LogP) is 8.72. The fourth-order valence-corrected chi connectivity index (χ4v) is 5.24. The summed E-state index contributed by atoms with van der Waals surface area (Å²) >= 11 is 0. The maximum Gasteiger partial charge on any atom is 0.310 e. The van der Waals surface area contributed by atoms with E-state index in [-0.39, 0.29) is 46.4 Å². The zero-order valence-electron chi connectivity index (χ0n) is 29.5. The molecule has 0 amide bonds. The minimum absolute atomic E-state index is 0.165. The smallest absolute Gasteiger partial charge is 0.310 e. The summed E-state index contributed by atoms with van der Waals surface area (Å²) in [5.41, 5.74) is 4.01. The van der Waals surface area contributed by atoms with Crippen molar-refractivity contribution < 1.29 is 29.3 Å². The summed E-state index contributed by atoms with van der Waals surface area (Å²) in [6, 6.07) is 7.67. The Hall–Kier alpha value is -3.02. The van der Waals surface area contributed by atoms with E-state index in [1.807, 2.05) is 24.3 Å². The molecule has 0 aromatic heterocycles. The molecule has 0 radical (unpaired) electrons. The molecule has 0 aliphatic heterocycles. The van der Waals surface area contributed by atoms with Gasteiger partial charge in [-0.2, -0.15) is 0 Å². The molecule has 0 aliphatic rings. The number of unbranched alkanes of at least 4 members (excludes halogenated alkanes) is 3. The molecule has 0 unspecified atom stereocenters. The second-order valence-corrected chi connectivity index (χ2v) is 16.3. The Balaban J connectivity index is 1.79. The van der Waals surface area contributed by atoms with Crippen molar-refractivity contribution in [3.63, 3.8) is 0 Å². The lowest BCUT2D eigenvalue weighted by molar-refractivity contribution is -0.144. The lowest BCUT2D eigenvalue weighted by Crippen LogP contribution is -2.19. The van der Waals surface area contributed by atoms with Crippen LogP contribution >= 0.6 is 0 Å². The van der Waals surface area contributed by atoms with Crippen molar-refractivity contribution in [3.8, 4) is 11.5 Å².